The minimum absolute atomic E-state index is 0.0370. The molecule has 0 unspecified atom stereocenters. The molecule has 5 aromatic rings. The first-order valence-electron chi connectivity index (χ1n) is 16.6. The second-order valence-electron chi connectivity index (χ2n) is 12.1. The van der Waals surface area contributed by atoms with Crippen LogP contribution in [0.15, 0.2) is 121 Å². The molecule has 7 rings (SSSR count). The minimum atomic E-state index is -0.628. The van der Waals surface area contributed by atoms with E-state index in [1.165, 1.54) is 26.4 Å². The molecule has 2 amide bonds. The summed E-state index contributed by atoms with van der Waals surface area (Å²) < 4.78 is 9.40. The Morgan fingerprint density at radius 2 is 1.70 bits per heavy atom. The molecular weight excluding hydrogens is 647 g/mol. The molecule has 1 fully saturated rings. The summed E-state index contributed by atoms with van der Waals surface area (Å²) in [6.07, 6.45) is 11.3. The van der Waals surface area contributed by atoms with E-state index < -0.39 is 17.8 Å². The van der Waals surface area contributed by atoms with Crippen molar-refractivity contribution < 1.29 is 28.5 Å². The van der Waals surface area contributed by atoms with Crippen LogP contribution < -0.4 is 14.2 Å². The van der Waals surface area contributed by atoms with Crippen molar-refractivity contribution >= 4 is 56.7 Å². The maximum Gasteiger partial charge on any atom is 0.333 e. The first-order chi connectivity index (χ1) is 24.4. The quantitative estimate of drug-likeness (QED) is 0.0804. The molecule has 0 spiro atoms. The van der Waals surface area contributed by atoms with Crippen LogP contribution in [-0.2, 0) is 32.8 Å². The van der Waals surface area contributed by atoms with Gasteiger partial charge in [0.05, 0.1) is 13.0 Å². The molecule has 50 heavy (non-hydrogen) atoms. The van der Waals surface area contributed by atoms with Crippen LogP contribution in [0.5, 0.6) is 5.75 Å². The fraction of sp³-hybridized carbons (Fsp3) is 0.171. The lowest BCUT2D eigenvalue weighted by Gasteiger charge is -2.28. The fourth-order valence-electron chi connectivity index (χ4n) is 6.10. The highest BCUT2D eigenvalue weighted by atomic mass is 32.1. The van der Waals surface area contributed by atoms with Crippen LogP contribution >= 0.6 is 11.3 Å². The summed E-state index contributed by atoms with van der Waals surface area (Å²) in [5, 5.41) is 1.75. The Balaban J connectivity index is 0.980. The summed E-state index contributed by atoms with van der Waals surface area (Å²) >= 11 is 1.79. The number of anilines is 1. The zero-order valence-electron chi connectivity index (χ0n) is 27.7. The molecule has 250 valence electrons. The van der Waals surface area contributed by atoms with E-state index in [0.29, 0.717) is 30.4 Å². The number of para-hydroxylation sites is 1. The summed E-state index contributed by atoms with van der Waals surface area (Å²) in [7, 11) is 2.11. The average Bonchev–Trinajstić information content (AvgIpc) is 3.63. The predicted octanol–water partition coefficient (Wildman–Crippen LogP) is 7.79. The first-order valence-corrected chi connectivity index (χ1v) is 17.4. The summed E-state index contributed by atoms with van der Waals surface area (Å²) in [5.74, 6) is -0.896. The van der Waals surface area contributed by atoms with Gasteiger partial charge in [-0.2, -0.15) is 4.57 Å². The second-order valence-corrected chi connectivity index (χ2v) is 13.2. The maximum atomic E-state index is 12.1. The third-order valence-electron chi connectivity index (χ3n) is 8.69. The van der Waals surface area contributed by atoms with Crippen molar-refractivity contribution in [1.29, 1.82) is 0 Å². The molecule has 3 heterocycles. The number of thiazole rings is 1. The number of ether oxygens (including phenoxy) is 1. The smallest absolute Gasteiger partial charge is 0.333 e. The van der Waals surface area contributed by atoms with Gasteiger partial charge in [0.2, 0.25) is 5.52 Å². The first kappa shape index (κ1) is 32.7. The Morgan fingerprint density at radius 3 is 2.54 bits per heavy atom. The van der Waals surface area contributed by atoms with Crippen molar-refractivity contribution in [3.63, 3.8) is 0 Å². The van der Waals surface area contributed by atoms with Gasteiger partial charge in [-0.05, 0) is 65.1 Å². The average molecular weight is 683 g/mol. The number of benzene rings is 4. The second kappa shape index (κ2) is 14.8. The van der Waals surface area contributed by atoms with E-state index in [9.17, 15) is 14.4 Å². The van der Waals surface area contributed by atoms with Crippen LogP contribution in [0.2, 0.25) is 0 Å². The Bertz CT molecular complexity index is 2150. The predicted molar refractivity (Wildman–Crippen MR) is 196 cm³/mol. The lowest BCUT2D eigenvalue weighted by Crippen LogP contribution is -2.32. The van der Waals surface area contributed by atoms with Crippen LogP contribution in [0.25, 0.3) is 33.0 Å². The molecule has 4 aromatic carbocycles. The number of hydrogen-bond acceptors (Lipinski definition) is 7. The number of imide groups is 1. The standard InChI is InChI=1S/C41H36N3O5S/c1-42-36-20-19-32(30-11-3-2-4-12-30)27-37(36)50-40(42)17-8-13-31-23-24-43(35-16-6-5-15-34(31)35)28-29-10-7-14-33(26-29)48-25-9-18-41(47)49-44-38(45)21-22-39(44)46/h2-8,10-17,19-20,23-24,26-27H,9,18,21-22,25,28H2,1H3/q+1. The van der Waals surface area contributed by atoms with Gasteiger partial charge >= 0.3 is 5.97 Å². The van der Waals surface area contributed by atoms with E-state index in [4.69, 9.17) is 9.57 Å². The van der Waals surface area contributed by atoms with Gasteiger partial charge in [0.1, 0.15) is 17.5 Å². The molecule has 9 heteroatoms. The number of rotatable bonds is 11. The van der Waals surface area contributed by atoms with E-state index in [1.807, 2.05) is 24.3 Å². The van der Waals surface area contributed by atoms with E-state index in [2.05, 4.69) is 120 Å². The zero-order valence-corrected chi connectivity index (χ0v) is 28.5. The van der Waals surface area contributed by atoms with Crippen LogP contribution in [0.1, 0.15) is 41.8 Å². The Morgan fingerprint density at radius 1 is 0.900 bits per heavy atom. The van der Waals surface area contributed by atoms with Crippen LogP contribution in [0.4, 0.5) is 5.69 Å². The minimum Gasteiger partial charge on any atom is -0.494 e. The van der Waals surface area contributed by atoms with Gasteiger partial charge in [-0.1, -0.05) is 84.2 Å². The number of allylic oxidation sites excluding steroid dienone is 4. The Kier molecular flexibility index (Phi) is 9.66. The van der Waals surface area contributed by atoms with Crippen molar-refractivity contribution in [3.8, 4) is 16.9 Å². The number of hydrogen-bond donors (Lipinski definition) is 0. The number of aryl methyl sites for hydroxylation is 1. The summed E-state index contributed by atoms with van der Waals surface area (Å²) in [5.41, 5.74) is 8.14. The van der Waals surface area contributed by atoms with Gasteiger partial charge in [-0.25, -0.2) is 4.79 Å². The maximum absolute atomic E-state index is 12.1. The normalized spacial score (nSPS) is 15.0. The van der Waals surface area contributed by atoms with Gasteiger partial charge in [0.15, 0.2) is 0 Å². The molecule has 0 saturated carbocycles. The molecule has 0 bridgehead atoms. The molecule has 0 N–H and O–H groups in total. The highest BCUT2D eigenvalue weighted by Crippen LogP contribution is 2.34. The summed E-state index contributed by atoms with van der Waals surface area (Å²) in [4.78, 5) is 42.5. The van der Waals surface area contributed by atoms with Crippen molar-refractivity contribution in [1.82, 2.24) is 5.06 Å². The fourth-order valence-corrected chi connectivity index (χ4v) is 7.20. The van der Waals surface area contributed by atoms with Gasteiger partial charge < -0.3 is 14.5 Å². The van der Waals surface area contributed by atoms with Gasteiger partial charge in [0.25, 0.3) is 16.8 Å². The van der Waals surface area contributed by atoms with Crippen LogP contribution in [0, 0.1) is 0 Å². The number of amides is 2. The largest absolute Gasteiger partial charge is 0.494 e. The molecule has 8 nitrogen and oxygen atoms in total. The molecule has 0 aliphatic carbocycles. The van der Waals surface area contributed by atoms with Gasteiger partial charge in [-0.15, -0.1) is 5.06 Å². The van der Waals surface area contributed by atoms with Gasteiger partial charge in [0, 0.05) is 49.0 Å². The third-order valence-corrected chi connectivity index (χ3v) is 9.86. The number of fused-ring (bicyclic) bond motifs is 2. The van der Waals surface area contributed by atoms with Crippen LogP contribution in [0.3, 0.4) is 0 Å². The zero-order chi connectivity index (χ0) is 34.5. The lowest BCUT2D eigenvalue weighted by atomic mass is 9.99. The van der Waals surface area contributed by atoms with Crippen molar-refractivity contribution in [2.75, 3.05) is 11.5 Å². The Hall–Kier alpha value is -5.80. The van der Waals surface area contributed by atoms with E-state index in [-0.39, 0.29) is 19.3 Å². The highest BCUT2D eigenvalue weighted by molar-refractivity contribution is 7.18. The van der Waals surface area contributed by atoms with E-state index in [1.54, 1.807) is 11.3 Å². The monoisotopic (exact) mass is 682 g/mol. The van der Waals surface area contributed by atoms with E-state index >= 15 is 0 Å². The lowest BCUT2D eigenvalue weighted by molar-refractivity contribution is -0.642. The SMILES string of the molecule is C[n+]1c(C=CC=C2C=CN(Cc3cccc(OCCCC(=O)ON4C(=O)CCC4=O)c3)c3ccccc32)sc2cc(-c3ccccc3)ccc21. The van der Waals surface area contributed by atoms with Crippen molar-refractivity contribution in [2.24, 2.45) is 7.05 Å². The molecule has 1 saturated heterocycles. The molecule has 0 radical (unpaired) electrons. The molecule has 2 aliphatic rings. The number of nitrogens with zero attached hydrogens (tertiary/aromatic N) is 3. The summed E-state index contributed by atoms with van der Waals surface area (Å²) in [6.45, 7) is 0.948. The van der Waals surface area contributed by atoms with Crippen molar-refractivity contribution in [3.05, 3.63) is 138 Å². The van der Waals surface area contributed by atoms with Gasteiger partial charge in [-0.3, -0.25) is 9.59 Å². The number of hydroxylamine groups is 2. The number of carbonyl (C=O) groups is 3. The Labute approximate surface area is 294 Å². The molecule has 1 aromatic heterocycles. The molecular formula is C41H36N3O5S+. The molecule has 2 aliphatic heterocycles. The molecule has 0 atom stereocenters. The number of aromatic nitrogens is 1. The van der Waals surface area contributed by atoms with E-state index in [0.717, 1.165) is 22.4 Å². The third kappa shape index (κ3) is 7.28. The van der Waals surface area contributed by atoms with Crippen LogP contribution in [-0.4, -0.2) is 29.5 Å². The highest BCUT2D eigenvalue weighted by Gasteiger charge is 2.32. The number of carbonyl (C=O) groups excluding carboxylic acids is 3. The van der Waals surface area contributed by atoms with Crippen molar-refractivity contribution in [2.45, 2.75) is 32.2 Å². The summed E-state index contributed by atoms with van der Waals surface area (Å²) in [6, 6.07) is 33.4. The topological polar surface area (TPSA) is 80.0 Å².